The van der Waals surface area contributed by atoms with E-state index in [4.69, 9.17) is 26.8 Å². The van der Waals surface area contributed by atoms with Gasteiger partial charge in [-0.3, -0.25) is 0 Å². The summed E-state index contributed by atoms with van der Waals surface area (Å²) in [5.74, 6) is 1.49. The minimum absolute atomic E-state index is 0.168. The first kappa shape index (κ1) is 15.5. The van der Waals surface area contributed by atoms with Crippen LogP contribution in [0.5, 0.6) is 11.5 Å². The van der Waals surface area contributed by atoms with Gasteiger partial charge in [-0.15, -0.1) is 0 Å². The van der Waals surface area contributed by atoms with Gasteiger partial charge in [0, 0.05) is 5.39 Å². The van der Waals surface area contributed by atoms with Crippen molar-refractivity contribution in [3.63, 3.8) is 0 Å². The first-order valence-electron chi connectivity index (χ1n) is 7.03. The molecule has 0 radical (unpaired) electrons. The third-order valence-electron chi connectivity index (χ3n) is 3.67. The molecule has 23 heavy (non-hydrogen) atoms. The van der Waals surface area contributed by atoms with Gasteiger partial charge < -0.3 is 15.2 Å². The van der Waals surface area contributed by atoms with Crippen molar-refractivity contribution in [2.24, 2.45) is 5.73 Å². The topological polar surface area (TPSA) is 70.3 Å². The number of fused-ring (bicyclic) bond motifs is 1. The smallest absolute Gasteiger partial charge is 0.223 e. The molecular formula is C17H16ClN3O2. The highest BCUT2D eigenvalue weighted by Crippen LogP contribution is 2.29. The molecule has 2 N–H and O–H groups in total. The number of methoxy groups -OCH3 is 2. The van der Waals surface area contributed by atoms with Crippen molar-refractivity contribution in [1.29, 1.82) is 0 Å². The summed E-state index contributed by atoms with van der Waals surface area (Å²) in [5, 5.41) is 0.985. The molecule has 1 atom stereocenters. The van der Waals surface area contributed by atoms with Gasteiger partial charge in [0.05, 0.1) is 31.5 Å². The average molecular weight is 330 g/mol. The SMILES string of the molecule is COc1ccc(C(N)c2nc(Cl)nc3ccc(OC)cc23)cc1. The summed E-state index contributed by atoms with van der Waals surface area (Å²) in [5.41, 5.74) is 8.69. The van der Waals surface area contributed by atoms with E-state index in [1.54, 1.807) is 14.2 Å². The molecule has 2 aromatic carbocycles. The number of hydrogen-bond acceptors (Lipinski definition) is 5. The number of halogens is 1. The van der Waals surface area contributed by atoms with Crippen LogP contribution in [0.25, 0.3) is 10.9 Å². The van der Waals surface area contributed by atoms with Gasteiger partial charge in [0.1, 0.15) is 11.5 Å². The van der Waals surface area contributed by atoms with Gasteiger partial charge in [0.25, 0.3) is 0 Å². The predicted octanol–water partition coefficient (Wildman–Crippen LogP) is 3.35. The van der Waals surface area contributed by atoms with E-state index in [-0.39, 0.29) is 5.28 Å². The number of nitrogens with zero attached hydrogens (tertiary/aromatic N) is 2. The zero-order chi connectivity index (χ0) is 16.4. The van der Waals surface area contributed by atoms with Crippen LogP contribution >= 0.6 is 11.6 Å². The van der Waals surface area contributed by atoms with Gasteiger partial charge in [-0.05, 0) is 47.5 Å². The molecule has 1 heterocycles. The average Bonchev–Trinajstić information content (AvgIpc) is 2.60. The van der Waals surface area contributed by atoms with Crippen LogP contribution in [0.2, 0.25) is 5.28 Å². The highest BCUT2D eigenvalue weighted by molar-refractivity contribution is 6.28. The summed E-state index contributed by atoms with van der Waals surface area (Å²) >= 11 is 6.05. The van der Waals surface area contributed by atoms with Crippen molar-refractivity contribution in [2.45, 2.75) is 6.04 Å². The fourth-order valence-electron chi connectivity index (χ4n) is 2.43. The third kappa shape index (κ3) is 3.06. The van der Waals surface area contributed by atoms with E-state index in [1.165, 1.54) is 0 Å². The summed E-state index contributed by atoms with van der Waals surface area (Å²) in [6.07, 6.45) is 0. The molecule has 0 saturated heterocycles. The number of ether oxygens (including phenoxy) is 2. The first-order chi connectivity index (χ1) is 11.1. The summed E-state index contributed by atoms with van der Waals surface area (Å²) in [6, 6.07) is 12.6. The lowest BCUT2D eigenvalue weighted by Crippen LogP contribution is -2.14. The minimum Gasteiger partial charge on any atom is -0.497 e. The van der Waals surface area contributed by atoms with Crippen LogP contribution in [0.1, 0.15) is 17.3 Å². The van der Waals surface area contributed by atoms with E-state index in [0.29, 0.717) is 11.4 Å². The Morgan fingerprint density at radius 3 is 2.26 bits per heavy atom. The van der Waals surface area contributed by atoms with Gasteiger partial charge in [-0.25, -0.2) is 9.97 Å². The number of rotatable bonds is 4. The second-order valence-electron chi connectivity index (χ2n) is 5.01. The van der Waals surface area contributed by atoms with Crippen LogP contribution in [0.15, 0.2) is 42.5 Å². The molecule has 0 aliphatic carbocycles. The monoisotopic (exact) mass is 329 g/mol. The van der Waals surface area contributed by atoms with E-state index >= 15 is 0 Å². The standard InChI is InChI=1S/C17H16ClN3O2/c1-22-11-5-3-10(4-6-11)15(19)16-13-9-12(23-2)7-8-14(13)20-17(18)21-16/h3-9,15H,19H2,1-2H3. The van der Waals surface area contributed by atoms with Gasteiger partial charge in [-0.2, -0.15) is 0 Å². The highest BCUT2D eigenvalue weighted by atomic mass is 35.5. The largest absolute Gasteiger partial charge is 0.497 e. The maximum atomic E-state index is 6.40. The third-order valence-corrected chi connectivity index (χ3v) is 3.84. The van der Waals surface area contributed by atoms with Crippen LogP contribution < -0.4 is 15.2 Å². The molecule has 1 aromatic heterocycles. The molecule has 0 fully saturated rings. The molecule has 3 rings (SSSR count). The lowest BCUT2D eigenvalue weighted by molar-refractivity contribution is 0.414. The molecule has 0 bridgehead atoms. The van der Waals surface area contributed by atoms with Crippen LogP contribution in [0, 0.1) is 0 Å². The Balaban J connectivity index is 2.12. The molecule has 0 amide bonds. The van der Waals surface area contributed by atoms with Crippen molar-refractivity contribution in [3.8, 4) is 11.5 Å². The minimum atomic E-state index is -0.434. The highest BCUT2D eigenvalue weighted by Gasteiger charge is 2.17. The van der Waals surface area contributed by atoms with Crippen molar-refractivity contribution in [3.05, 3.63) is 59.0 Å². The molecule has 0 aliphatic rings. The Morgan fingerprint density at radius 2 is 1.61 bits per heavy atom. The van der Waals surface area contributed by atoms with E-state index < -0.39 is 6.04 Å². The lowest BCUT2D eigenvalue weighted by atomic mass is 10.0. The van der Waals surface area contributed by atoms with Crippen molar-refractivity contribution in [2.75, 3.05) is 14.2 Å². The molecule has 0 spiro atoms. The molecule has 118 valence electrons. The maximum Gasteiger partial charge on any atom is 0.223 e. The molecule has 0 saturated carbocycles. The second kappa shape index (κ2) is 6.40. The molecule has 0 aliphatic heterocycles. The summed E-state index contributed by atoms with van der Waals surface area (Å²) in [6.45, 7) is 0. The Morgan fingerprint density at radius 1 is 0.957 bits per heavy atom. The van der Waals surface area contributed by atoms with Gasteiger partial charge in [0.15, 0.2) is 0 Å². The summed E-state index contributed by atoms with van der Waals surface area (Å²) < 4.78 is 10.4. The number of nitrogens with two attached hydrogens (primary N) is 1. The van der Waals surface area contributed by atoms with Crippen molar-refractivity contribution >= 4 is 22.5 Å². The Kier molecular flexibility index (Phi) is 4.32. The van der Waals surface area contributed by atoms with Crippen LogP contribution in [0.4, 0.5) is 0 Å². The van der Waals surface area contributed by atoms with Crippen molar-refractivity contribution < 1.29 is 9.47 Å². The van der Waals surface area contributed by atoms with Gasteiger partial charge in [0.2, 0.25) is 5.28 Å². The first-order valence-corrected chi connectivity index (χ1v) is 7.41. The van der Waals surface area contributed by atoms with Crippen LogP contribution in [0.3, 0.4) is 0 Å². The van der Waals surface area contributed by atoms with E-state index in [0.717, 1.165) is 22.2 Å². The number of benzene rings is 2. The van der Waals surface area contributed by atoms with E-state index in [1.807, 2.05) is 42.5 Å². The van der Waals surface area contributed by atoms with Crippen LogP contribution in [-0.4, -0.2) is 24.2 Å². The quantitative estimate of drug-likeness (QED) is 0.743. The maximum absolute atomic E-state index is 6.40. The predicted molar refractivity (Wildman–Crippen MR) is 90.1 cm³/mol. The molecule has 3 aromatic rings. The van der Waals surface area contributed by atoms with Gasteiger partial charge in [-0.1, -0.05) is 12.1 Å². The van der Waals surface area contributed by atoms with E-state index in [9.17, 15) is 0 Å². The molecule has 5 nitrogen and oxygen atoms in total. The van der Waals surface area contributed by atoms with Gasteiger partial charge >= 0.3 is 0 Å². The fraction of sp³-hybridized carbons (Fsp3) is 0.176. The molecule has 1 unspecified atom stereocenters. The normalized spacial score (nSPS) is 12.2. The van der Waals surface area contributed by atoms with E-state index in [2.05, 4.69) is 9.97 Å². The number of aromatic nitrogens is 2. The van der Waals surface area contributed by atoms with Crippen LogP contribution in [-0.2, 0) is 0 Å². The summed E-state index contributed by atoms with van der Waals surface area (Å²) in [4.78, 5) is 8.58. The Labute approximate surface area is 139 Å². The van der Waals surface area contributed by atoms with Crippen molar-refractivity contribution in [1.82, 2.24) is 9.97 Å². The Hall–Kier alpha value is -2.37. The summed E-state index contributed by atoms with van der Waals surface area (Å²) in [7, 11) is 3.24. The number of hydrogen-bond donors (Lipinski definition) is 1. The second-order valence-corrected chi connectivity index (χ2v) is 5.35. The zero-order valence-corrected chi connectivity index (χ0v) is 13.5. The molecule has 6 heteroatoms. The Bertz CT molecular complexity index is 837. The fourth-order valence-corrected chi connectivity index (χ4v) is 2.62. The zero-order valence-electron chi connectivity index (χ0n) is 12.8. The lowest BCUT2D eigenvalue weighted by Gasteiger charge is -2.15. The molecular weight excluding hydrogens is 314 g/mol.